The van der Waals surface area contributed by atoms with Crippen molar-refractivity contribution in [3.63, 3.8) is 0 Å². The van der Waals surface area contributed by atoms with Crippen molar-refractivity contribution in [1.29, 1.82) is 0 Å². The lowest BCUT2D eigenvalue weighted by atomic mass is 9.95. The molecule has 0 radical (unpaired) electrons. The van der Waals surface area contributed by atoms with E-state index in [1.54, 1.807) is 10.9 Å². The van der Waals surface area contributed by atoms with E-state index in [9.17, 15) is 0 Å². The molecule has 1 aliphatic heterocycles. The van der Waals surface area contributed by atoms with Crippen molar-refractivity contribution in [1.82, 2.24) is 0 Å². The van der Waals surface area contributed by atoms with Crippen LogP contribution in [-0.2, 0) is 0 Å². The molecule has 1 fully saturated rings. The van der Waals surface area contributed by atoms with Gasteiger partial charge in [-0.15, -0.1) is 0 Å². The first-order valence-electron chi connectivity index (χ1n) is 11.6. The lowest BCUT2D eigenvalue weighted by Gasteiger charge is -2.31. The van der Waals surface area contributed by atoms with Crippen LogP contribution >= 0.6 is 15.8 Å². The highest BCUT2D eigenvalue weighted by atomic mass is 31.1. The minimum Gasteiger partial charge on any atom is -0.0715 e. The van der Waals surface area contributed by atoms with Crippen LogP contribution in [-0.4, -0.2) is 11.8 Å². The van der Waals surface area contributed by atoms with Gasteiger partial charge < -0.3 is 0 Å². The fourth-order valence-electron chi connectivity index (χ4n) is 5.12. The summed E-state index contributed by atoms with van der Waals surface area (Å²) in [6, 6.07) is 42.9. The van der Waals surface area contributed by atoms with Crippen LogP contribution in [0.1, 0.15) is 31.2 Å². The molecule has 0 N–H and O–H groups in total. The Morgan fingerprint density at radius 2 is 1.22 bits per heavy atom. The zero-order valence-corrected chi connectivity index (χ0v) is 20.4. The van der Waals surface area contributed by atoms with Gasteiger partial charge in [0.15, 0.2) is 0 Å². The summed E-state index contributed by atoms with van der Waals surface area (Å²) in [5.41, 5.74) is 2.32. The smallest absolute Gasteiger partial charge is 0.0102 e. The SMILES string of the molecule is CC(c1ccccc1P(c1ccccc1)c1ccccc1)C1CCCP1c1ccccc1. The van der Waals surface area contributed by atoms with E-state index in [0.29, 0.717) is 5.92 Å². The van der Waals surface area contributed by atoms with Gasteiger partial charge in [-0.2, -0.15) is 0 Å². The monoisotopic (exact) mass is 452 g/mol. The molecule has 0 bridgehead atoms. The first-order chi connectivity index (χ1) is 15.8. The normalized spacial score (nSPS) is 19.2. The van der Waals surface area contributed by atoms with Crippen molar-refractivity contribution in [2.45, 2.75) is 31.3 Å². The van der Waals surface area contributed by atoms with Crippen LogP contribution in [0.25, 0.3) is 0 Å². The molecule has 1 heterocycles. The molecule has 0 aromatic heterocycles. The molecule has 1 saturated heterocycles. The van der Waals surface area contributed by atoms with Gasteiger partial charge in [-0.25, -0.2) is 0 Å². The minimum absolute atomic E-state index is 0.0997. The van der Waals surface area contributed by atoms with Gasteiger partial charge in [0.05, 0.1) is 0 Å². The first-order valence-corrected chi connectivity index (χ1v) is 14.6. The quantitative estimate of drug-likeness (QED) is 0.292. The van der Waals surface area contributed by atoms with Crippen LogP contribution < -0.4 is 21.2 Å². The number of rotatable bonds is 6. The average Bonchev–Trinajstić information content (AvgIpc) is 3.36. The zero-order chi connectivity index (χ0) is 21.8. The molecule has 0 saturated carbocycles. The molecule has 4 aromatic rings. The fraction of sp³-hybridized carbons (Fsp3) is 0.200. The van der Waals surface area contributed by atoms with Gasteiger partial charge in [-0.1, -0.05) is 130 Å². The Kier molecular flexibility index (Phi) is 6.83. The summed E-state index contributed by atoms with van der Waals surface area (Å²) in [5, 5.41) is 5.99. The van der Waals surface area contributed by atoms with E-state index in [0.717, 1.165) is 5.66 Å². The van der Waals surface area contributed by atoms with Crippen molar-refractivity contribution >= 4 is 37.1 Å². The molecular weight excluding hydrogens is 422 g/mol. The fourth-order valence-corrected chi connectivity index (χ4v) is 10.9. The van der Waals surface area contributed by atoms with Crippen LogP contribution in [0.2, 0.25) is 0 Å². The zero-order valence-electron chi connectivity index (χ0n) is 18.6. The van der Waals surface area contributed by atoms with E-state index in [2.05, 4.69) is 122 Å². The largest absolute Gasteiger partial charge is 0.0715 e. The number of hydrogen-bond donors (Lipinski definition) is 0. The van der Waals surface area contributed by atoms with Crippen LogP contribution in [0.15, 0.2) is 115 Å². The Morgan fingerprint density at radius 1 is 0.688 bits per heavy atom. The van der Waals surface area contributed by atoms with Crippen LogP contribution in [0, 0.1) is 0 Å². The van der Waals surface area contributed by atoms with Crippen LogP contribution in [0.3, 0.4) is 0 Å². The molecule has 0 amide bonds. The second-order valence-electron chi connectivity index (χ2n) is 8.59. The van der Waals surface area contributed by atoms with Crippen molar-refractivity contribution in [2.24, 2.45) is 0 Å². The Morgan fingerprint density at radius 3 is 1.84 bits per heavy atom. The maximum atomic E-state index is 2.50. The van der Waals surface area contributed by atoms with Gasteiger partial charge in [0, 0.05) is 0 Å². The average molecular weight is 453 g/mol. The summed E-state index contributed by atoms with van der Waals surface area (Å²) in [5.74, 6) is 0.567. The van der Waals surface area contributed by atoms with E-state index in [-0.39, 0.29) is 7.92 Å². The molecule has 0 nitrogen and oxygen atoms in total. The third kappa shape index (κ3) is 4.45. The van der Waals surface area contributed by atoms with Gasteiger partial charge in [-0.05, 0) is 65.3 Å². The van der Waals surface area contributed by atoms with Crippen LogP contribution in [0.5, 0.6) is 0 Å². The minimum atomic E-state index is -0.575. The predicted molar refractivity (Wildman–Crippen MR) is 144 cm³/mol. The molecule has 32 heavy (non-hydrogen) atoms. The third-order valence-corrected chi connectivity index (χ3v) is 12.4. The van der Waals surface area contributed by atoms with Gasteiger partial charge in [0.2, 0.25) is 0 Å². The first kappa shape index (κ1) is 21.6. The second kappa shape index (κ2) is 10.1. The predicted octanol–water partition coefficient (Wildman–Crippen LogP) is 6.52. The Balaban J connectivity index is 1.57. The number of benzene rings is 4. The van der Waals surface area contributed by atoms with Crippen molar-refractivity contribution in [3.8, 4) is 0 Å². The van der Waals surface area contributed by atoms with Gasteiger partial charge in [0.1, 0.15) is 0 Å². The molecule has 3 unspecified atom stereocenters. The van der Waals surface area contributed by atoms with E-state index < -0.39 is 7.92 Å². The topological polar surface area (TPSA) is 0 Å². The highest BCUT2D eigenvalue weighted by Gasteiger charge is 2.34. The van der Waals surface area contributed by atoms with Gasteiger partial charge in [-0.3, -0.25) is 0 Å². The van der Waals surface area contributed by atoms with Crippen molar-refractivity contribution in [2.75, 3.05) is 6.16 Å². The van der Waals surface area contributed by atoms with Crippen molar-refractivity contribution in [3.05, 3.63) is 121 Å². The molecule has 160 valence electrons. The number of hydrogen-bond acceptors (Lipinski definition) is 0. The molecule has 1 aliphatic rings. The second-order valence-corrected chi connectivity index (χ2v) is 13.3. The van der Waals surface area contributed by atoms with Crippen LogP contribution in [0.4, 0.5) is 0 Å². The summed E-state index contributed by atoms with van der Waals surface area (Å²) in [6.45, 7) is 2.50. The summed E-state index contributed by atoms with van der Waals surface area (Å²) >= 11 is 0. The van der Waals surface area contributed by atoms with E-state index in [1.165, 1.54) is 34.9 Å². The van der Waals surface area contributed by atoms with E-state index >= 15 is 0 Å². The lowest BCUT2D eigenvalue weighted by molar-refractivity contribution is 0.669. The molecule has 3 atom stereocenters. The highest BCUT2D eigenvalue weighted by molar-refractivity contribution is 7.80. The maximum absolute atomic E-state index is 2.50. The summed E-state index contributed by atoms with van der Waals surface area (Å²) in [7, 11) is -0.675. The molecule has 0 spiro atoms. The summed E-state index contributed by atoms with van der Waals surface area (Å²) < 4.78 is 0. The van der Waals surface area contributed by atoms with Gasteiger partial charge >= 0.3 is 0 Å². The van der Waals surface area contributed by atoms with E-state index in [1.807, 2.05) is 0 Å². The third-order valence-electron chi connectivity index (χ3n) is 6.66. The van der Waals surface area contributed by atoms with Gasteiger partial charge in [0.25, 0.3) is 0 Å². The summed E-state index contributed by atoms with van der Waals surface area (Å²) in [4.78, 5) is 0. The lowest BCUT2D eigenvalue weighted by Crippen LogP contribution is -2.27. The van der Waals surface area contributed by atoms with Crippen molar-refractivity contribution < 1.29 is 0 Å². The maximum Gasteiger partial charge on any atom is -0.0102 e. The Hall–Kier alpha value is -2.26. The molecule has 2 heteroatoms. The summed E-state index contributed by atoms with van der Waals surface area (Å²) in [6.07, 6.45) is 4.09. The molecule has 5 rings (SSSR count). The Labute approximate surface area is 195 Å². The molecule has 0 aliphatic carbocycles. The Bertz CT molecular complexity index is 1090. The highest BCUT2D eigenvalue weighted by Crippen LogP contribution is 2.54. The van der Waals surface area contributed by atoms with E-state index in [4.69, 9.17) is 0 Å². The molecular formula is C30H30P2. The molecule has 4 aromatic carbocycles. The standard InChI is InChI=1S/C30H30P2/c1-24(29-22-13-23-31(29)25-14-5-2-6-15-25)28-20-11-12-21-30(28)32(26-16-7-3-8-17-26)27-18-9-4-10-19-27/h2-12,14-21,24,29H,13,22-23H2,1H3.